The molecular formula is C16H26ClN3O. The predicted octanol–water partition coefficient (Wildman–Crippen LogP) is 1.70. The van der Waals surface area contributed by atoms with Crippen LogP contribution in [0.1, 0.15) is 24.0 Å². The number of hydrogen-bond acceptors (Lipinski definition) is 3. The fourth-order valence-electron chi connectivity index (χ4n) is 2.70. The molecule has 21 heavy (non-hydrogen) atoms. The number of likely N-dealkylation sites (tertiary alicyclic amines) is 1. The van der Waals surface area contributed by atoms with Crippen molar-refractivity contribution < 1.29 is 4.79 Å². The second-order valence-corrected chi connectivity index (χ2v) is 5.64. The Kier molecular flexibility index (Phi) is 7.72. The summed E-state index contributed by atoms with van der Waals surface area (Å²) in [5.74, 6) is 0.268. The third kappa shape index (κ3) is 5.65. The van der Waals surface area contributed by atoms with Crippen LogP contribution in [-0.4, -0.2) is 37.0 Å². The highest BCUT2D eigenvalue weighted by Gasteiger charge is 2.25. The molecule has 1 aromatic carbocycles. The maximum atomic E-state index is 12.0. The van der Waals surface area contributed by atoms with E-state index in [9.17, 15) is 4.79 Å². The molecule has 0 aromatic heterocycles. The minimum atomic E-state index is 0. The summed E-state index contributed by atoms with van der Waals surface area (Å²) in [5, 5.41) is 2.90. The molecule has 1 aromatic rings. The number of halogens is 1. The van der Waals surface area contributed by atoms with Crippen LogP contribution in [0.2, 0.25) is 0 Å². The van der Waals surface area contributed by atoms with Crippen LogP contribution in [0.15, 0.2) is 24.3 Å². The van der Waals surface area contributed by atoms with E-state index in [1.807, 2.05) is 0 Å². The molecule has 5 heteroatoms. The zero-order valence-corrected chi connectivity index (χ0v) is 13.5. The van der Waals surface area contributed by atoms with E-state index in [-0.39, 0.29) is 24.2 Å². The average molecular weight is 312 g/mol. The highest BCUT2D eigenvalue weighted by molar-refractivity contribution is 5.85. The van der Waals surface area contributed by atoms with Gasteiger partial charge in [-0.1, -0.05) is 29.8 Å². The molecule has 4 nitrogen and oxygen atoms in total. The molecule has 0 bridgehead atoms. The van der Waals surface area contributed by atoms with E-state index in [1.165, 1.54) is 11.1 Å². The average Bonchev–Trinajstić information content (AvgIpc) is 2.47. The van der Waals surface area contributed by atoms with Gasteiger partial charge in [0.05, 0.1) is 5.92 Å². The van der Waals surface area contributed by atoms with Crippen LogP contribution >= 0.6 is 12.4 Å². The number of benzene rings is 1. The van der Waals surface area contributed by atoms with Gasteiger partial charge in [-0.25, -0.2) is 0 Å². The summed E-state index contributed by atoms with van der Waals surface area (Å²) in [6, 6.07) is 8.64. The first-order valence-corrected chi connectivity index (χ1v) is 7.44. The topological polar surface area (TPSA) is 58.4 Å². The van der Waals surface area contributed by atoms with Crippen LogP contribution in [0, 0.1) is 12.8 Å². The highest BCUT2D eigenvalue weighted by Crippen LogP contribution is 2.19. The molecule has 1 aliphatic heterocycles. The Morgan fingerprint density at radius 1 is 1.38 bits per heavy atom. The second-order valence-electron chi connectivity index (χ2n) is 5.64. The van der Waals surface area contributed by atoms with E-state index < -0.39 is 0 Å². The van der Waals surface area contributed by atoms with Crippen molar-refractivity contribution >= 4 is 18.3 Å². The fraction of sp³-hybridized carbons (Fsp3) is 0.562. The molecule has 3 N–H and O–H groups in total. The molecule has 118 valence electrons. The Morgan fingerprint density at radius 3 is 2.76 bits per heavy atom. The Bertz CT molecular complexity index is 436. The van der Waals surface area contributed by atoms with Gasteiger partial charge in [0.25, 0.3) is 0 Å². The van der Waals surface area contributed by atoms with E-state index >= 15 is 0 Å². The summed E-state index contributed by atoms with van der Waals surface area (Å²) >= 11 is 0. The number of nitrogens with zero attached hydrogens (tertiary/aromatic N) is 1. The minimum absolute atomic E-state index is 0. The Balaban J connectivity index is 0.00000220. The zero-order chi connectivity index (χ0) is 14.4. The summed E-state index contributed by atoms with van der Waals surface area (Å²) in [6.45, 7) is 6.04. The van der Waals surface area contributed by atoms with E-state index in [2.05, 4.69) is 41.4 Å². The normalized spacial score (nSPS) is 18.9. The van der Waals surface area contributed by atoms with Crippen LogP contribution in [0.5, 0.6) is 0 Å². The third-order valence-corrected chi connectivity index (χ3v) is 3.85. The van der Waals surface area contributed by atoms with Gasteiger partial charge in [-0.3, -0.25) is 9.69 Å². The summed E-state index contributed by atoms with van der Waals surface area (Å²) in [7, 11) is 0. The summed E-state index contributed by atoms with van der Waals surface area (Å²) < 4.78 is 0. The lowest BCUT2D eigenvalue weighted by Crippen LogP contribution is -2.43. The van der Waals surface area contributed by atoms with Gasteiger partial charge in [0, 0.05) is 26.2 Å². The summed E-state index contributed by atoms with van der Waals surface area (Å²) in [4.78, 5) is 14.4. The molecule has 0 aliphatic carbocycles. The minimum Gasteiger partial charge on any atom is -0.355 e. The van der Waals surface area contributed by atoms with Gasteiger partial charge in [0.15, 0.2) is 0 Å². The molecule has 0 radical (unpaired) electrons. The largest absolute Gasteiger partial charge is 0.355 e. The molecule has 0 saturated carbocycles. The maximum absolute atomic E-state index is 12.0. The molecular weight excluding hydrogens is 286 g/mol. The number of aryl methyl sites for hydroxylation is 1. The second kappa shape index (κ2) is 9.03. The molecule has 1 heterocycles. The lowest BCUT2D eigenvalue weighted by molar-refractivity contribution is -0.126. The monoisotopic (exact) mass is 311 g/mol. The van der Waals surface area contributed by atoms with Gasteiger partial charge in [0.2, 0.25) is 5.91 Å². The molecule has 1 fully saturated rings. The SMILES string of the molecule is Cc1ccc(CN2CCCC(C(=O)NCCN)C2)cc1.Cl. The molecule has 1 amide bonds. The number of nitrogens with two attached hydrogens (primary N) is 1. The van der Waals surface area contributed by atoms with Gasteiger partial charge in [-0.15, -0.1) is 12.4 Å². The van der Waals surface area contributed by atoms with Crippen molar-refractivity contribution in [3.8, 4) is 0 Å². The Hall–Kier alpha value is -1.10. The quantitative estimate of drug-likeness (QED) is 0.870. The lowest BCUT2D eigenvalue weighted by Gasteiger charge is -2.32. The molecule has 1 saturated heterocycles. The molecule has 0 spiro atoms. The first-order valence-electron chi connectivity index (χ1n) is 7.44. The van der Waals surface area contributed by atoms with Crippen LogP contribution in [0.25, 0.3) is 0 Å². The van der Waals surface area contributed by atoms with Gasteiger partial charge in [0.1, 0.15) is 0 Å². The van der Waals surface area contributed by atoms with Crippen LogP contribution in [0.4, 0.5) is 0 Å². The van der Waals surface area contributed by atoms with Crippen molar-refractivity contribution in [2.24, 2.45) is 11.7 Å². The van der Waals surface area contributed by atoms with Crippen LogP contribution < -0.4 is 11.1 Å². The highest BCUT2D eigenvalue weighted by atomic mass is 35.5. The smallest absolute Gasteiger partial charge is 0.224 e. The number of nitrogens with one attached hydrogen (secondary N) is 1. The fourth-order valence-corrected chi connectivity index (χ4v) is 2.70. The standard InChI is InChI=1S/C16H25N3O.ClH/c1-13-4-6-14(7-5-13)11-19-10-2-3-15(12-19)16(20)18-9-8-17;/h4-7,15H,2-3,8-12,17H2,1H3,(H,18,20);1H. The first-order chi connectivity index (χ1) is 9.69. The summed E-state index contributed by atoms with van der Waals surface area (Å²) in [6.07, 6.45) is 2.08. The zero-order valence-electron chi connectivity index (χ0n) is 12.7. The maximum Gasteiger partial charge on any atom is 0.224 e. The molecule has 1 unspecified atom stereocenters. The van der Waals surface area contributed by atoms with E-state index in [0.717, 1.165) is 32.5 Å². The lowest BCUT2D eigenvalue weighted by atomic mass is 9.96. The van der Waals surface area contributed by atoms with Gasteiger partial charge in [-0.2, -0.15) is 0 Å². The van der Waals surface area contributed by atoms with Crippen molar-refractivity contribution in [1.82, 2.24) is 10.2 Å². The first kappa shape index (κ1) is 18.0. The van der Waals surface area contributed by atoms with E-state index in [0.29, 0.717) is 13.1 Å². The third-order valence-electron chi connectivity index (χ3n) is 3.85. The number of amides is 1. The van der Waals surface area contributed by atoms with Crippen molar-refractivity contribution in [2.45, 2.75) is 26.3 Å². The van der Waals surface area contributed by atoms with Crippen LogP contribution in [0.3, 0.4) is 0 Å². The predicted molar refractivity (Wildman–Crippen MR) is 88.5 cm³/mol. The van der Waals surface area contributed by atoms with Crippen molar-refractivity contribution in [3.05, 3.63) is 35.4 Å². The summed E-state index contributed by atoms with van der Waals surface area (Å²) in [5.41, 5.74) is 8.02. The number of carbonyl (C=O) groups is 1. The van der Waals surface area contributed by atoms with Crippen LogP contribution in [-0.2, 0) is 11.3 Å². The number of rotatable bonds is 5. The Labute approximate surface area is 133 Å². The number of carbonyl (C=O) groups excluding carboxylic acids is 1. The number of hydrogen-bond donors (Lipinski definition) is 2. The van der Waals surface area contributed by atoms with Crippen molar-refractivity contribution in [2.75, 3.05) is 26.2 Å². The van der Waals surface area contributed by atoms with Crippen molar-refractivity contribution in [1.29, 1.82) is 0 Å². The van der Waals surface area contributed by atoms with E-state index in [4.69, 9.17) is 5.73 Å². The Morgan fingerprint density at radius 2 is 2.10 bits per heavy atom. The van der Waals surface area contributed by atoms with Gasteiger partial charge < -0.3 is 11.1 Å². The van der Waals surface area contributed by atoms with E-state index in [1.54, 1.807) is 0 Å². The van der Waals surface area contributed by atoms with Gasteiger partial charge in [-0.05, 0) is 31.9 Å². The number of piperidine rings is 1. The molecule has 1 atom stereocenters. The molecule has 2 rings (SSSR count). The van der Waals surface area contributed by atoms with Crippen molar-refractivity contribution in [3.63, 3.8) is 0 Å². The van der Waals surface area contributed by atoms with Gasteiger partial charge >= 0.3 is 0 Å². The molecule has 1 aliphatic rings.